The lowest BCUT2D eigenvalue weighted by molar-refractivity contribution is 0.666. The van der Waals surface area contributed by atoms with Gasteiger partial charge in [0.15, 0.2) is 23.1 Å². The first kappa shape index (κ1) is 31.5. The molecule has 0 spiro atoms. The van der Waals surface area contributed by atoms with Crippen LogP contribution in [-0.4, -0.2) is 24.1 Å². The summed E-state index contributed by atoms with van der Waals surface area (Å²) >= 11 is 0. The number of aromatic nitrogens is 5. The van der Waals surface area contributed by atoms with Crippen molar-refractivity contribution in [3.63, 3.8) is 0 Å². The van der Waals surface area contributed by atoms with Crippen LogP contribution in [0.3, 0.4) is 0 Å². The molecular formula is C51H31N5O. The van der Waals surface area contributed by atoms with Crippen molar-refractivity contribution in [2.24, 2.45) is 0 Å². The number of rotatable bonds is 5. The van der Waals surface area contributed by atoms with Gasteiger partial charge in [0.05, 0.1) is 33.1 Å². The van der Waals surface area contributed by atoms with E-state index in [0.717, 1.165) is 82.8 Å². The largest absolute Gasteiger partial charge is 0.454 e. The highest BCUT2D eigenvalue weighted by Gasteiger charge is 2.25. The Morgan fingerprint density at radius 1 is 0.368 bits per heavy atom. The van der Waals surface area contributed by atoms with Crippen molar-refractivity contribution in [3.8, 4) is 45.5 Å². The first-order valence-corrected chi connectivity index (χ1v) is 19.1. The van der Waals surface area contributed by atoms with E-state index in [1.54, 1.807) is 0 Å². The second-order valence-corrected chi connectivity index (χ2v) is 14.4. The van der Waals surface area contributed by atoms with Gasteiger partial charge in [-0.15, -0.1) is 0 Å². The Morgan fingerprint density at radius 2 is 0.895 bits per heavy atom. The van der Waals surface area contributed by atoms with E-state index < -0.39 is 0 Å². The maximum atomic E-state index is 6.98. The highest BCUT2D eigenvalue weighted by atomic mass is 16.3. The minimum atomic E-state index is 0.607. The van der Waals surface area contributed by atoms with Gasteiger partial charge in [0, 0.05) is 49.3 Å². The number of hydrogen-bond donors (Lipinski definition) is 0. The molecule has 0 unspecified atom stereocenters. The Morgan fingerprint density at radius 3 is 1.56 bits per heavy atom. The highest BCUT2D eigenvalue weighted by Crippen LogP contribution is 2.45. The molecule has 12 aromatic rings. The van der Waals surface area contributed by atoms with Crippen LogP contribution in [0.5, 0.6) is 0 Å². The summed E-state index contributed by atoms with van der Waals surface area (Å²) in [5.41, 5.74) is 10.8. The van der Waals surface area contributed by atoms with E-state index in [2.05, 4.69) is 137 Å². The summed E-state index contributed by atoms with van der Waals surface area (Å²) in [7, 11) is 0. The predicted molar refractivity (Wildman–Crippen MR) is 232 cm³/mol. The van der Waals surface area contributed by atoms with Crippen molar-refractivity contribution < 1.29 is 4.42 Å². The molecule has 0 radical (unpaired) electrons. The zero-order valence-electron chi connectivity index (χ0n) is 30.5. The van der Waals surface area contributed by atoms with Crippen LogP contribution >= 0.6 is 0 Å². The molecule has 57 heavy (non-hydrogen) atoms. The lowest BCUT2D eigenvalue weighted by Crippen LogP contribution is -2.02. The summed E-state index contributed by atoms with van der Waals surface area (Å²) in [6.45, 7) is 0. The summed E-state index contributed by atoms with van der Waals surface area (Å²) in [4.78, 5) is 15.4. The summed E-state index contributed by atoms with van der Waals surface area (Å²) in [5, 5.41) is 6.75. The third-order valence-corrected chi connectivity index (χ3v) is 11.2. The molecule has 6 nitrogen and oxygen atoms in total. The molecule has 0 N–H and O–H groups in total. The molecular weight excluding hydrogens is 699 g/mol. The summed E-state index contributed by atoms with van der Waals surface area (Å²) in [6, 6.07) is 65.3. The monoisotopic (exact) mass is 729 g/mol. The summed E-state index contributed by atoms with van der Waals surface area (Å²) in [6.07, 6.45) is 0. The van der Waals surface area contributed by atoms with E-state index in [-0.39, 0.29) is 0 Å². The van der Waals surface area contributed by atoms with Gasteiger partial charge < -0.3 is 13.6 Å². The molecule has 6 heteroatoms. The van der Waals surface area contributed by atoms with Crippen LogP contribution in [0.15, 0.2) is 192 Å². The van der Waals surface area contributed by atoms with E-state index in [1.165, 1.54) is 10.8 Å². The molecule has 8 aromatic carbocycles. The topological polar surface area (TPSA) is 61.7 Å². The van der Waals surface area contributed by atoms with Gasteiger partial charge in [-0.05, 0) is 48.5 Å². The number of hydrogen-bond acceptors (Lipinski definition) is 4. The van der Waals surface area contributed by atoms with E-state index in [0.29, 0.717) is 17.5 Å². The zero-order chi connectivity index (χ0) is 37.5. The molecule has 0 aliphatic rings. The molecule has 0 fully saturated rings. The lowest BCUT2D eigenvalue weighted by atomic mass is 10.1. The van der Waals surface area contributed by atoms with Crippen molar-refractivity contribution in [2.45, 2.75) is 0 Å². The van der Waals surface area contributed by atoms with Crippen LogP contribution in [0.1, 0.15) is 0 Å². The smallest absolute Gasteiger partial charge is 0.166 e. The number of para-hydroxylation sites is 5. The standard InChI is InChI=1S/C51H31N5O/c1-4-16-32(17-5-1)49-52-50(33-18-6-2-7-19-33)54-51(53-49)40-26-14-24-37-38-30-31-44-45(47(38)55(46(37)40)34-20-8-3-9-21-34)39-25-15-29-43(48(39)57-44)56-41-27-12-10-22-35(41)36-23-11-13-28-42(36)56/h1-31H. The van der Waals surface area contributed by atoms with Crippen LogP contribution in [-0.2, 0) is 0 Å². The van der Waals surface area contributed by atoms with Gasteiger partial charge in [0.2, 0.25) is 0 Å². The number of furan rings is 1. The SMILES string of the molecule is c1ccc(-c2nc(-c3ccccc3)nc(-c3cccc4c5ccc6oc7c(-n8c9ccccc9c9ccccc98)cccc7c6c5n(-c5ccccc5)c34)n2)cc1. The Hall–Kier alpha value is -7.83. The van der Waals surface area contributed by atoms with Gasteiger partial charge in [-0.2, -0.15) is 0 Å². The molecule has 0 saturated heterocycles. The van der Waals surface area contributed by atoms with Crippen LogP contribution in [0.25, 0.3) is 111 Å². The molecule has 12 rings (SSSR count). The zero-order valence-corrected chi connectivity index (χ0v) is 30.5. The normalized spacial score (nSPS) is 11.9. The van der Waals surface area contributed by atoms with Crippen LogP contribution in [0, 0.1) is 0 Å². The molecule has 4 heterocycles. The Bertz CT molecular complexity index is 3400. The van der Waals surface area contributed by atoms with Crippen molar-refractivity contribution >= 4 is 65.6 Å². The number of nitrogens with zero attached hydrogens (tertiary/aromatic N) is 5. The Balaban J connectivity index is 1.19. The van der Waals surface area contributed by atoms with E-state index in [1.807, 2.05) is 60.7 Å². The van der Waals surface area contributed by atoms with Crippen LogP contribution in [0.2, 0.25) is 0 Å². The Labute approximate surface area is 326 Å². The molecule has 0 aliphatic heterocycles. The summed E-state index contributed by atoms with van der Waals surface area (Å²) < 4.78 is 11.7. The third kappa shape index (κ3) is 4.74. The second kappa shape index (κ2) is 12.3. The first-order valence-electron chi connectivity index (χ1n) is 19.1. The molecule has 266 valence electrons. The lowest BCUT2D eigenvalue weighted by Gasteiger charge is -2.13. The van der Waals surface area contributed by atoms with Gasteiger partial charge in [-0.25, -0.2) is 15.0 Å². The van der Waals surface area contributed by atoms with Crippen molar-refractivity contribution in [1.29, 1.82) is 0 Å². The number of benzene rings is 8. The van der Waals surface area contributed by atoms with Gasteiger partial charge in [-0.3, -0.25) is 0 Å². The molecule has 0 aliphatic carbocycles. The maximum absolute atomic E-state index is 6.98. The van der Waals surface area contributed by atoms with Crippen LogP contribution < -0.4 is 0 Å². The Kier molecular flexibility index (Phi) is 6.83. The number of fused-ring (bicyclic) bond motifs is 10. The molecule has 0 bridgehead atoms. The molecule has 0 atom stereocenters. The van der Waals surface area contributed by atoms with Crippen molar-refractivity contribution in [1.82, 2.24) is 24.1 Å². The van der Waals surface area contributed by atoms with Gasteiger partial charge in [0.25, 0.3) is 0 Å². The molecule has 4 aromatic heterocycles. The second-order valence-electron chi connectivity index (χ2n) is 14.4. The highest BCUT2D eigenvalue weighted by molar-refractivity contribution is 6.26. The minimum Gasteiger partial charge on any atom is -0.454 e. The average molecular weight is 730 g/mol. The van der Waals surface area contributed by atoms with Crippen LogP contribution in [0.4, 0.5) is 0 Å². The van der Waals surface area contributed by atoms with E-state index in [9.17, 15) is 0 Å². The van der Waals surface area contributed by atoms with E-state index in [4.69, 9.17) is 19.4 Å². The van der Waals surface area contributed by atoms with E-state index >= 15 is 0 Å². The predicted octanol–water partition coefficient (Wildman–Crippen LogP) is 13.0. The van der Waals surface area contributed by atoms with Crippen molar-refractivity contribution in [3.05, 3.63) is 188 Å². The van der Waals surface area contributed by atoms with Gasteiger partial charge in [-0.1, -0.05) is 140 Å². The average Bonchev–Trinajstić information content (AvgIpc) is 3.95. The fraction of sp³-hybridized carbons (Fsp3) is 0. The first-order chi connectivity index (χ1) is 28.3. The molecule has 0 saturated carbocycles. The third-order valence-electron chi connectivity index (χ3n) is 11.2. The fourth-order valence-electron chi connectivity index (χ4n) is 8.72. The molecule has 0 amide bonds. The van der Waals surface area contributed by atoms with Gasteiger partial charge >= 0.3 is 0 Å². The fourth-order valence-corrected chi connectivity index (χ4v) is 8.72. The van der Waals surface area contributed by atoms with Gasteiger partial charge in [0.1, 0.15) is 5.58 Å². The van der Waals surface area contributed by atoms with Crippen molar-refractivity contribution in [2.75, 3.05) is 0 Å². The quantitative estimate of drug-likeness (QED) is 0.177. The summed E-state index contributed by atoms with van der Waals surface area (Å²) in [5.74, 6) is 1.86. The minimum absolute atomic E-state index is 0.607. The maximum Gasteiger partial charge on any atom is 0.166 e.